The third-order valence-electron chi connectivity index (χ3n) is 4.58. The van der Waals surface area contributed by atoms with Gasteiger partial charge in [0.2, 0.25) is 5.88 Å². The number of ether oxygens (including phenoxy) is 1. The molecule has 0 bridgehead atoms. The molecule has 10 heteroatoms. The lowest BCUT2D eigenvalue weighted by molar-refractivity contribution is -0.123. The van der Waals surface area contributed by atoms with Crippen molar-refractivity contribution in [1.29, 1.82) is 0 Å². The zero-order chi connectivity index (χ0) is 22.1. The monoisotopic (exact) mass is 439 g/mol. The van der Waals surface area contributed by atoms with Gasteiger partial charge in [-0.1, -0.05) is 11.2 Å². The van der Waals surface area contributed by atoms with E-state index in [0.717, 1.165) is 4.88 Å². The molecule has 1 atom stereocenters. The molecule has 0 saturated heterocycles. The molecule has 1 amide bonds. The van der Waals surface area contributed by atoms with Crippen molar-refractivity contribution in [3.05, 3.63) is 47.1 Å². The summed E-state index contributed by atoms with van der Waals surface area (Å²) in [7, 11) is 0. The van der Waals surface area contributed by atoms with Crippen LogP contribution in [0.5, 0.6) is 0 Å². The van der Waals surface area contributed by atoms with E-state index in [1.807, 2.05) is 31.4 Å². The van der Waals surface area contributed by atoms with Gasteiger partial charge in [0.15, 0.2) is 11.8 Å². The number of carbonyl (C=O) groups excluding carboxylic acids is 2. The van der Waals surface area contributed by atoms with Gasteiger partial charge in [0.05, 0.1) is 33.4 Å². The second-order valence-electron chi connectivity index (χ2n) is 7.32. The molecule has 0 aliphatic carbocycles. The highest BCUT2D eigenvalue weighted by Gasteiger charge is 2.24. The van der Waals surface area contributed by atoms with Gasteiger partial charge in [-0.15, -0.1) is 11.3 Å². The molecule has 4 aromatic rings. The Morgan fingerprint density at radius 3 is 2.71 bits per heavy atom. The van der Waals surface area contributed by atoms with Gasteiger partial charge >= 0.3 is 5.97 Å². The van der Waals surface area contributed by atoms with Crippen molar-refractivity contribution in [1.82, 2.24) is 19.9 Å². The molecule has 31 heavy (non-hydrogen) atoms. The van der Waals surface area contributed by atoms with Crippen LogP contribution in [-0.2, 0) is 9.53 Å². The zero-order valence-corrected chi connectivity index (χ0v) is 18.3. The molecule has 0 aliphatic heterocycles. The molecular formula is C21H21N5O4S. The van der Waals surface area contributed by atoms with Crippen molar-refractivity contribution in [2.45, 2.75) is 39.8 Å². The average Bonchev–Trinajstić information content (AvgIpc) is 3.47. The van der Waals surface area contributed by atoms with Gasteiger partial charge in [0.1, 0.15) is 0 Å². The molecule has 0 aromatic carbocycles. The summed E-state index contributed by atoms with van der Waals surface area (Å²) in [4.78, 5) is 31.1. The molecule has 1 unspecified atom stereocenters. The van der Waals surface area contributed by atoms with Crippen molar-refractivity contribution < 1.29 is 18.8 Å². The van der Waals surface area contributed by atoms with Crippen LogP contribution in [0, 0.1) is 6.92 Å². The first-order valence-corrected chi connectivity index (χ1v) is 10.6. The number of anilines is 1. The Labute approximate surface area is 182 Å². The van der Waals surface area contributed by atoms with Crippen LogP contribution in [0.15, 0.2) is 40.4 Å². The SMILES string of the molecule is Cc1cc(NC(=O)C(C)OC(=O)c2cc(-c3cccs3)nc3c2cnn3C(C)C)on1. The molecule has 9 nitrogen and oxygen atoms in total. The number of aromatic nitrogens is 4. The minimum Gasteiger partial charge on any atom is -0.449 e. The maximum absolute atomic E-state index is 13.0. The van der Waals surface area contributed by atoms with E-state index in [-0.39, 0.29) is 11.9 Å². The lowest BCUT2D eigenvalue weighted by atomic mass is 10.1. The second kappa shape index (κ2) is 8.31. The van der Waals surface area contributed by atoms with Gasteiger partial charge in [0, 0.05) is 12.1 Å². The summed E-state index contributed by atoms with van der Waals surface area (Å²) < 4.78 is 12.2. The van der Waals surface area contributed by atoms with Gasteiger partial charge in [-0.3, -0.25) is 10.1 Å². The number of hydrogen-bond donors (Lipinski definition) is 1. The Morgan fingerprint density at radius 2 is 2.06 bits per heavy atom. The smallest absolute Gasteiger partial charge is 0.339 e. The fourth-order valence-corrected chi connectivity index (χ4v) is 3.72. The zero-order valence-electron chi connectivity index (χ0n) is 17.4. The first kappa shape index (κ1) is 20.7. The molecule has 160 valence electrons. The lowest BCUT2D eigenvalue weighted by Gasteiger charge is -2.13. The number of nitrogens with one attached hydrogen (secondary N) is 1. The Kier molecular flexibility index (Phi) is 5.55. The highest BCUT2D eigenvalue weighted by Crippen LogP contribution is 2.29. The molecule has 4 aromatic heterocycles. The summed E-state index contributed by atoms with van der Waals surface area (Å²) >= 11 is 1.52. The normalized spacial score (nSPS) is 12.3. The summed E-state index contributed by atoms with van der Waals surface area (Å²) in [5, 5.41) is 13.1. The van der Waals surface area contributed by atoms with Crippen LogP contribution >= 0.6 is 11.3 Å². The molecule has 4 heterocycles. The summed E-state index contributed by atoms with van der Waals surface area (Å²) in [5.74, 6) is -0.967. The highest BCUT2D eigenvalue weighted by atomic mass is 32.1. The number of fused-ring (bicyclic) bond motifs is 1. The fourth-order valence-electron chi connectivity index (χ4n) is 3.04. The number of carbonyl (C=O) groups is 2. The van der Waals surface area contributed by atoms with Crippen molar-refractivity contribution in [2.24, 2.45) is 0 Å². The second-order valence-corrected chi connectivity index (χ2v) is 8.27. The number of aryl methyl sites for hydroxylation is 1. The van der Waals surface area contributed by atoms with Crippen LogP contribution in [-0.4, -0.2) is 37.9 Å². The van der Waals surface area contributed by atoms with E-state index >= 15 is 0 Å². The lowest BCUT2D eigenvalue weighted by Crippen LogP contribution is -2.30. The molecular weight excluding hydrogens is 418 g/mol. The quantitative estimate of drug-likeness (QED) is 0.448. The van der Waals surface area contributed by atoms with Crippen LogP contribution in [0.4, 0.5) is 5.88 Å². The van der Waals surface area contributed by atoms with E-state index in [9.17, 15) is 9.59 Å². The maximum atomic E-state index is 13.0. The van der Waals surface area contributed by atoms with E-state index < -0.39 is 18.0 Å². The van der Waals surface area contributed by atoms with Crippen LogP contribution in [0.25, 0.3) is 21.6 Å². The van der Waals surface area contributed by atoms with Crippen LogP contribution in [0.2, 0.25) is 0 Å². The topological polar surface area (TPSA) is 112 Å². The predicted octanol–water partition coefficient (Wildman–Crippen LogP) is 4.22. The van der Waals surface area contributed by atoms with Gasteiger partial charge in [0.25, 0.3) is 5.91 Å². The molecule has 4 rings (SSSR count). The predicted molar refractivity (Wildman–Crippen MR) is 116 cm³/mol. The summed E-state index contributed by atoms with van der Waals surface area (Å²) in [6.07, 6.45) is 0.547. The Hall–Kier alpha value is -3.53. The van der Waals surface area contributed by atoms with Gasteiger partial charge < -0.3 is 9.26 Å². The van der Waals surface area contributed by atoms with Crippen molar-refractivity contribution in [3.63, 3.8) is 0 Å². The molecule has 0 aliphatic rings. The number of amides is 1. The summed E-state index contributed by atoms with van der Waals surface area (Å²) in [6.45, 7) is 7.20. The van der Waals surface area contributed by atoms with E-state index in [0.29, 0.717) is 28.0 Å². The number of nitrogens with zero attached hydrogens (tertiary/aromatic N) is 4. The number of hydrogen-bond acceptors (Lipinski definition) is 8. The molecule has 0 spiro atoms. The minimum atomic E-state index is -1.05. The van der Waals surface area contributed by atoms with Crippen molar-refractivity contribution >= 4 is 40.1 Å². The van der Waals surface area contributed by atoms with E-state index in [1.54, 1.807) is 29.9 Å². The number of thiophene rings is 1. The summed E-state index contributed by atoms with van der Waals surface area (Å²) in [6, 6.07) is 7.16. The average molecular weight is 439 g/mol. The number of pyridine rings is 1. The minimum absolute atomic E-state index is 0.0579. The van der Waals surface area contributed by atoms with Gasteiger partial charge in [-0.05, 0) is 45.2 Å². The van der Waals surface area contributed by atoms with Crippen molar-refractivity contribution in [2.75, 3.05) is 5.32 Å². The first-order chi connectivity index (χ1) is 14.8. The van der Waals surface area contributed by atoms with Crippen molar-refractivity contribution in [3.8, 4) is 10.6 Å². The molecule has 0 fully saturated rings. The Morgan fingerprint density at radius 1 is 1.26 bits per heavy atom. The Bertz CT molecular complexity index is 1240. The van der Waals surface area contributed by atoms with E-state index in [4.69, 9.17) is 14.2 Å². The number of esters is 1. The number of rotatable bonds is 6. The van der Waals surface area contributed by atoms with Crippen LogP contribution in [0.3, 0.4) is 0 Å². The molecule has 0 radical (unpaired) electrons. The maximum Gasteiger partial charge on any atom is 0.339 e. The van der Waals surface area contributed by atoms with Crippen LogP contribution in [0.1, 0.15) is 42.9 Å². The third kappa shape index (κ3) is 4.19. The molecule has 0 saturated carbocycles. The summed E-state index contributed by atoms with van der Waals surface area (Å²) in [5.41, 5.74) is 2.16. The Balaban J connectivity index is 1.64. The van der Waals surface area contributed by atoms with E-state index in [2.05, 4.69) is 15.6 Å². The van der Waals surface area contributed by atoms with Crippen LogP contribution < -0.4 is 5.32 Å². The largest absolute Gasteiger partial charge is 0.449 e. The van der Waals surface area contributed by atoms with E-state index in [1.165, 1.54) is 18.3 Å². The van der Waals surface area contributed by atoms with Gasteiger partial charge in [-0.25, -0.2) is 14.5 Å². The first-order valence-electron chi connectivity index (χ1n) is 9.70. The third-order valence-corrected chi connectivity index (χ3v) is 5.47. The molecule has 1 N–H and O–H groups in total. The fraction of sp³-hybridized carbons (Fsp3) is 0.286. The standard InChI is InChI=1S/C21H21N5O4S/c1-11(2)26-19-15(10-22-26)14(9-16(23-19)17-6-5-7-31-17)21(28)29-13(4)20(27)24-18-8-12(3)25-30-18/h5-11,13H,1-4H3,(H,24,27). The highest BCUT2D eigenvalue weighted by molar-refractivity contribution is 7.13. The van der Waals surface area contributed by atoms with Gasteiger partial charge in [-0.2, -0.15) is 5.10 Å².